The number of anilines is 2. The van der Waals surface area contributed by atoms with Crippen molar-refractivity contribution in [3.8, 4) is 0 Å². The zero-order chi connectivity index (χ0) is 22.3. The molecule has 7 nitrogen and oxygen atoms in total. The van der Waals surface area contributed by atoms with Crippen molar-refractivity contribution >= 4 is 23.2 Å². The van der Waals surface area contributed by atoms with Crippen LogP contribution >= 0.6 is 0 Å². The Hall–Kier alpha value is -4.52. The number of nitrogens with zero attached hydrogens (tertiary/aromatic N) is 2. The molecule has 0 unspecified atom stereocenters. The van der Waals surface area contributed by atoms with Crippen LogP contribution in [0.4, 0.5) is 11.4 Å². The van der Waals surface area contributed by atoms with E-state index >= 15 is 0 Å². The van der Waals surface area contributed by atoms with Crippen molar-refractivity contribution in [2.75, 3.05) is 10.6 Å². The Balaban J connectivity index is 1.50. The smallest absolute Gasteiger partial charge is 0.263 e. The van der Waals surface area contributed by atoms with Crippen molar-refractivity contribution in [2.24, 2.45) is 0 Å². The second-order valence-electron chi connectivity index (χ2n) is 7.07. The first-order chi connectivity index (χ1) is 15.6. The van der Waals surface area contributed by atoms with Crippen molar-refractivity contribution in [3.63, 3.8) is 0 Å². The molecule has 0 aliphatic heterocycles. The van der Waals surface area contributed by atoms with Crippen LogP contribution in [0, 0.1) is 0 Å². The maximum atomic E-state index is 12.8. The van der Waals surface area contributed by atoms with Crippen LogP contribution in [-0.2, 0) is 6.54 Å². The molecule has 0 atom stereocenters. The topological polar surface area (TPSA) is 93.1 Å². The fraction of sp³-hybridized carbons (Fsp3) is 0.0400. The molecule has 7 heteroatoms. The van der Waals surface area contributed by atoms with Gasteiger partial charge in [0, 0.05) is 35.5 Å². The Bertz CT molecular complexity index is 1300. The van der Waals surface area contributed by atoms with Gasteiger partial charge in [0.25, 0.3) is 17.4 Å². The normalized spacial score (nSPS) is 10.4. The third-order valence-electron chi connectivity index (χ3n) is 4.78. The third kappa shape index (κ3) is 4.96. The van der Waals surface area contributed by atoms with E-state index < -0.39 is 5.91 Å². The van der Waals surface area contributed by atoms with Crippen molar-refractivity contribution in [2.45, 2.75) is 6.54 Å². The average molecular weight is 424 g/mol. The molecule has 0 spiro atoms. The molecule has 2 heterocycles. The summed E-state index contributed by atoms with van der Waals surface area (Å²) in [5.41, 5.74) is 1.99. The van der Waals surface area contributed by atoms with Gasteiger partial charge in [0.1, 0.15) is 5.56 Å². The number of amides is 2. The van der Waals surface area contributed by atoms with Gasteiger partial charge >= 0.3 is 0 Å². The average Bonchev–Trinajstić information content (AvgIpc) is 2.82. The number of benzene rings is 2. The van der Waals surface area contributed by atoms with Crippen LogP contribution in [0.1, 0.15) is 26.3 Å². The van der Waals surface area contributed by atoms with E-state index in [1.54, 1.807) is 61.1 Å². The molecule has 0 saturated carbocycles. The maximum absolute atomic E-state index is 12.8. The molecule has 0 radical (unpaired) electrons. The summed E-state index contributed by atoms with van der Waals surface area (Å²) in [6.07, 6.45) is 4.81. The highest BCUT2D eigenvalue weighted by atomic mass is 16.2. The van der Waals surface area contributed by atoms with E-state index in [0.717, 1.165) is 5.56 Å². The Morgan fingerprint density at radius 1 is 0.781 bits per heavy atom. The molecular formula is C25H20N4O3. The molecule has 2 aromatic heterocycles. The number of hydrogen-bond donors (Lipinski definition) is 2. The Kier molecular flexibility index (Phi) is 6.17. The summed E-state index contributed by atoms with van der Waals surface area (Å²) in [5.74, 6) is -0.860. The second-order valence-corrected chi connectivity index (χ2v) is 7.07. The molecule has 0 aliphatic rings. The van der Waals surface area contributed by atoms with Crippen LogP contribution in [0.5, 0.6) is 0 Å². The number of nitrogens with one attached hydrogen (secondary N) is 2. The van der Waals surface area contributed by atoms with Crippen molar-refractivity contribution in [1.29, 1.82) is 0 Å². The number of rotatable bonds is 6. The first-order valence-electron chi connectivity index (χ1n) is 9.96. The van der Waals surface area contributed by atoms with E-state index in [0.29, 0.717) is 23.5 Å². The molecule has 158 valence electrons. The van der Waals surface area contributed by atoms with Crippen LogP contribution in [0.25, 0.3) is 0 Å². The number of hydrogen-bond acceptors (Lipinski definition) is 4. The monoisotopic (exact) mass is 424 g/mol. The van der Waals surface area contributed by atoms with Crippen LogP contribution in [-0.4, -0.2) is 21.4 Å². The Morgan fingerprint density at radius 3 is 2.31 bits per heavy atom. The van der Waals surface area contributed by atoms with Gasteiger partial charge < -0.3 is 15.2 Å². The summed E-state index contributed by atoms with van der Waals surface area (Å²) in [5, 5.41) is 5.47. The molecule has 0 fully saturated rings. The first-order valence-corrected chi connectivity index (χ1v) is 9.96. The van der Waals surface area contributed by atoms with Crippen molar-refractivity contribution in [1.82, 2.24) is 9.55 Å². The van der Waals surface area contributed by atoms with E-state index in [4.69, 9.17) is 0 Å². The molecule has 2 N–H and O–H groups in total. The summed E-state index contributed by atoms with van der Waals surface area (Å²) < 4.78 is 1.49. The van der Waals surface area contributed by atoms with Crippen LogP contribution in [0.2, 0.25) is 0 Å². The predicted molar refractivity (Wildman–Crippen MR) is 123 cm³/mol. The highest BCUT2D eigenvalue weighted by molar-refractivity contribution is 6.07. The van der Waals surface area contributed by atoms with Gasteiger partial charge in [-0.3, -0.25) is 19.4 Å². The van der Waals surface area contributed by atoms with Gasteiger partial charge in [-0.1, -0.05) is 36.4 Å². The van der Waals surface area contributed by atoms with E-state index in [2.05, 4.69) is 15.6 Å². The molecule has 2 aromatic carbocycles. The Labute approximate surface area is 184 Å². The summed E-state index contributed by atoms with van der Waals surface area (Å²) in [6.45, 7) is 0.367. The number of pyridine rings is 2. The van der Waals surface area contributed by atoms with Gasteiger partial charge in [-0.25, -0.2) is 0 Å². The molecule has 0 aliphatic carbocycles. The molecule has 0 bridgehead atoms. The summed E-state index contributed by atoms with van der Waals surface area (Å²) in [6, 6.07) is 22.6. The first kappa shape index (κ1) is 20.7. The number of carbonyl (C=O) groups is 2. The van der Waals surface area contributed by atoms with Gasteiger partial charge in [0.15, 0.2) is 0 Å². The third-order valence-corrected chi connectivity index (χ3v) is 4.78. The van der Waals surface area contributed by atoms with Gasteiger partial charge in [0.05, 0.1) is 6.54 Å². The second kappa shape index (κ2) is 9.53. The van der Waals surface area contributed by atoms with Gasteiger partial charge in [-0.2, -0.15) is 0 Å². The summed E-state index contributed by atoms with van der Waals surface area (Å²) in [7, 11) is 0. The van der Waals surface area contributed by atoms with Crippen LogP contribution < -0.4 is 16.2 Å². The van der Waals surface area contributed by atoms with Crippen molar-refractivity contribution in [3.05, 3.63) is 124 Å². The minimum atomic E-state index is -0.538. The minimum Gasteiger partial charge on any atom is -0.322 e. The quantitative estimate of drug-likeness (QED) is 0.492. The number of aromatic nitrogens is 2. The zero-order valence-corrected chi connectivity index (χ0v) is 17.1. The van der Waals surface area contributed by atoms with Crippen LogP contribution in [0.15, 0.2) is 102 Å². The van der Waals surface area contributed by atoms with Crippen LogP contribution in [0.3, 0.4) is 0 Å². The summed E-state index contributed by atoms with van der Waals surface area (Å²) in [4.78, 5) is 42.0. The zero-order valence-electron chi connectivity index (χ0n) is 17.1. The number of carbonyl (C=O) groups excluding carboxylic acids is 2. The molecule has 4 aromatic rings. The Morgan fingerprint density at radius 2 is 1.53 bits per heavy atom. The van der Waals surface area contributed by atoms with E-state index in [1.807, 2.05) is 30.3 Å². The van der Waals surface area contributed by atoms with Gasteiger partial charge in [-0.05, 0) is 48.0 Å². The van der Waals surface area contributed by atoms with E-state index in [1.165, 1.54) is 10.6 Å². The largest absolute Gasteiger partial charge is 0.322 e. The SMILES string of the molecule is O=C(Nc1ccncc1)c1cccc(NC(=O)c2cccn(Cc3ccccc3)c2=O)c1. The highest BCUT2D eigenvalue weighted by Gasteiger charge is 2.14. The predicted octanol–water partition coefficient (Wildman–Crippen LogP) is 3.80. The molecule has 4 rings (SSSR count). The minimum absolute atomic E-state index is 0.0232. The fourth-order valence-corrected chi connectivity index (χ4v) is 3.19. The lowest BCUT2D eigenvalue weighted by atomic mass is 10.1. The van der Waals surface area contributed by atoms with E-state index in [9.17, 15) is 14.4 Å². The molecular weight excluding hydrogens is 404 g/mol. The summed E-state index contributed by atoms with van der Waals surface area (Å²) >= 11 is 0. The van der Waals surface area contributed by atoms with Crippen molar-refractivity contribution < 1.29 is 9.59 Å². The van der Waals surface area contributed by atoms with Gasteiger partial charge in [0.2, 0.25) is 0 Å². The maximum Gasteiger partial charge on any atom is 0.263 e. The van der Waals surface area contributed by atoms with E-state index in [-0.39, 0.29) is 17.0 Å². The highest BCUT2D eigenvalue weighted by Crippen LogP contribution is 2.14. The standard InChI is InChI=1S/C25H20N4O3/c30-23(27-20-11-13-26-14-12-20)19-8-4-9-21(16-19)28-24(31)22-10-5-15-29(25(22)32)17-18-6-2-1-3-7-18/h1-16H,17H2,(H,28,31)(H,26,27,30). The fourth-order valence-electron chi connectivity index (χ4n) is 3.19. The lowest BCUT2D eigenvalue weighted by molar-refractivity contribution is 0.101. The molecule has 32 heavy (non-hydrogen) atoms. The lowest BCUT2D eigenvalue weighted by Crippen LogP contribution is -2.29. The van der Waals surface area contributed by atoms with Gasteiger partial charge in [-0.15, -0.1) is 0 Å². The lowest BCUT2D eigenvalue weighted by Gasteiger charge is -2.10. The molecule has 0 saturated heterocycles. The molecule has 2 amide bonds.